The van der Waals surface area contributed by atoms with E-state index in [1.54, 1.807) is 14.0 Å². The van der Waals surface area contributed by atoms with Gasteiger partial charge in [-0.1, -0.05) is 6.07 Å². The molecule has 3 rings (SSSR count). The Kier molecular flexibility index (Phi) is 5.63. The molecule has 0 radical (unpaired) electrons. The standard InChI is InChI=1S/C21H23N3O4/c1-12-6-8-17(11-13(12)2)27-15(4)21(25)22-20-19(23-28-24-20)16-7-9-18(26-5)14(3)10-16/h6-11,15H,1-5H3,(H,22,24,25)/t15-/m0/s1. The van der Waals surface area contributed by atoms with Crippen LogP contribution in [-0.4, -0.2) is 29.4 Å². The Balaban J connectivity index is 1.73. The first-order chi connectivity index (χ1) is 13.4. The van der Waals surface area contributed by atoms with Gasteiger partial charge in [-0.15, -0.1) is 0 Å². The second kappa shape index (κ2) is 8.12. The third kappa shape index (κ3) is 4.14. The number of aromatic nitrogens is 2. The average Bonchev–Trinajstić information content (AvgIpc) is 3.12. The summed E-state index contributed by atoms with van der Waals surface area (Å²) < 4.78 is 15.9. The van der Waals surface area contributed by atoms with Gasteiger partial charge in [0.1, 0.15) is 11.5 Å². The zero-order valence-corrected chi connectivity index (χ0v) is 16.6. The van der Waals surface area contributed by atoms with E-state index in [4.69, 9.17) is 14.1 Å². The smallest absolute Gasteiger partial charge is 0.266 e. The number of hydrogen-bond donors (Lipinski definition) is 1. The molecule has 0 fully saturated rings. The Labute approximate surface area is 163 Å². The highest BCUT2D eigenvalue weighted by Gasteiger charge is 2.21. The molecule has 0 aliphatic rings. The van der Waals surface area contributed by atoms with Crippen LogP contribution in [0, 0.1) is 20.8 Å². The van der Waals surface area contributed by atoms with Crippen LogP contribution < -0.4 is 14.8 Å². The van der Waals surface area contributed by atoms with Gasteiger partial charge < -0.3 is 14.8 Å². The molecule has 146 valence electrons. The maximum Gasteiger partial charge on any atom is 0.266 e. The van der Waals surface area contributed by atoms with E-state index in [-0.39, 0.29) is 11.7 Å². The predicted octanol–water partition coefficient (Wildman–Crippen LogP) is 4.08. The Morgan fingerprint density at radius 3 is 2.50 bits per heavy atom. The van der Waals surface area contributed by atoms with Crippen molar-refractivity contribution in [3.8, 4) is 22.8 Å². The van der Waals surface area contributed by atoms with Gasteiger partial charge in [-0.2, -0.15) is 0 Å². The lowest BCUT2D eigenvalue weighted by atomic mass is 10.1. The molecular formula is C21H23N3O4. The molecule has 0 saturated heterocycles. The minimum absolute atomic E-state index is 0.241. The Morgan fingerprint density at radius 2 is 1.82 bits per heavy atom. The van der Waals surface area contributed by atoms with Crippen molar-refractivity contribution in [1.29, 1.82) is 0 Å². The summed E-state index contributed by atoms with van der Waals surface area (Å²) in [6, 6.07) is 11.3. The van der Waals surface area contributed by atoms with Crippen molar-refractivity contribution < 1.29 is 18.9 Å². The van der Waals surface area contributed by atoms with Crippen molar-refractivity contribution in [3.05, 3.63) is 53.1 Å². The Morgan fingerprint density at radius 1 is 1.04 bits per heavy atom. The average molecular weight is 381 g/mol. The number of rotatable bonds is 6. The summed E-state index contributed by atoms with van der Waals surface area (Å²) in [5.41, 5.74) is 4.40. The van der Waals surface area contributed by atoms with E-state index >= 15 is 0 Å². The van der Waals surface area contributed by atoms with E-state index in [1.807, 2.05) is 57.2 Å². The van der Waals surface area contributed by atoms with Crippen LogP contribution in [0.15, 0.2) is 41.0 Å². The topological polar surface area (TPSA) is 86.5 Å². The third-order valence-corrected chi connectivity index (χ3v) is 4.56. The zero-order valence-electron chi connectivity index (χ0n) is 16.6. The van der Waals surface area contributed by atoms with Crippen LogP contribution in [0.25, 0.3) is 11.3 Å². The van der Waals surface area contributed by atoms with Crippen LogP contribution >= 0.6 is 0 Å². The molecule has 1 amide bonds. The summed E-state index contributed by atoms with van der Waals surface area (Å²) in [6.07, 6.45) is -0.718. The summed E-state index contributed by atoms with van der Waals surface area (Å²) in [5.74, 6) is 1.29. The molecule has 0 unspecified atom stereocenters. The van der Waals surface area contributed by atoms with Crippen molar-refractivity contribution in [2.75, 3.05) is 12.4 Å². The first-order valence-electron chi connectivity index (χ1n) is 8.91. The number of ether oxygens (including phenoxy) is 2. The van der Waals surface area contributed by atoms with Gasteiger partial charge in [-0.25, -0.2) is 4.63 Å². The van der Waals surface area contributed by atoms with Crippen molar-refractivity contribution in [1.82, 2.24) is 10.3 Å². The molecular weight excluding hydrogens is 358 g/mol. The molecule has 7 heteroatoms. The van der Waals surface area contributed by atoms with Gasteiger partial charge in [0.05, 0.1) is 7.11 Å². The molecule has 7 nitrogen and oxygen atoms in total. The van der Waals surface area contributed by atoms with E-state index < -0.39 is 6.10 Å². The molecule has 1 atom stereocenters. The van der Waals surface area contributed by atoms with Crippen LogP contribution in [0.3, 0.4) is 0 Å². The summed E-state index contributed by atoms with van der Waals surface area (Å²) in [5, 5.41) is 10.5. The Bertz CT molecular complexity index is 997. The molecule has 0 aliphatic heterocycles. The van der Waals surface area contributed by atoms with Crippen LogP contribution in [0.1, 0.15) is 23.6 Å². The van der Waals surface area contributed by atoms with Gasteiger partial charge in [0, 0.05) is 5.56 Å². The molecule has 28 heavy (non-hydrogen) atoms. The number of nitrogens with zero attached hydrogens (tertiary/aromatic N) is 2. The molecule has 0 saturated carbocycles. The van der Waals surface area contributed by atoms with E-state index in [0.29, 0.717) is 11.4 Å². The number of amides is 1. The number of aryl methyl sites for hydroxylation is 3. The zero-order chi connectivity index (χ0) is 20.3. The van der Waals surface area contributed by atoms with Gasteiger partial charge >= 0.3 is 0 Å². The Hall–Kier alpha value is -3.35. The molecule has 2 aromatic carbocycles. The van der Waals surface area contributed by atoms with E-state index in [2.05, 4.69) is 15.6 Å². The van der Waals surface area contributed by atoms with Crippen LogP contribution in [0.2, 0.25) is 0 Å². The molecule has 1 aromatic heterocycles. The lowest BCUT2D eigenvalue weighted by Crippen LogP contribution is -2.30. The maximum absolute atomic E-state index is 12.6. The fourth-order valence-corrected chi connectivity index (χ4v) is 2.75. The third-order valence-electron chi connectivity index (χ3n) is 4.56. The molecule has 1 heterocycles. The number of hydrogen-bond acceptors (Lipinski definition) is 6. The summed E-state index contributed by atoms with van der Waals surface area (Å²) >= 11 is 0. The maximum atomic E-state index is 12.6. The lowest BCUT2D eigenvalue weighted by molar-refractivity contribution is -0.122. The normalized spacial score (nSPS) is 11.8. The van der Waals surface area contributed by atoms with Crippen LogP contribution in [-0.2, 0) is 4.79 Å². The monoisotopic (exact) mass is 381 g/mol. The minimum Gasteiger partial charge on any atom is -0.496 e. The van der Waals surface area contributed by atoms with E-state index in [1.165, 1.54) is 0 Å². The fourth-order valence-electron chi connectivity index (χ4n) is 2.75. The lowest BCUT2D eigenvalue weighted by Gasteiger charge is -2.15. The fraction of sp³-hybridized carbons (Fsp3) is 0.286. The number of nitrogens with one attached hydrogen (secondary N) is 1. The number of anilines is 1. The van der Waals surface area contributed by atoms with Gasteiger partial charge in [0.15, 0.2) is 11.8 Å². The predicted molar refractivity (Wildman–Crippen MR) is 106 cm³/mol. The molecule has 3 aromatic rings. The van der Waals surface area contributed by atoms with E-state index in [0.717, 1.165) is 28.0 Å². The summed E-state index contributed by atoms with van der Waals surface area (Å²) in [7, 11) is 1.61. The number of carbonyl (C=O) groups is 1. The number of methoxy groups -OCH3 is 1. The van der Waals surface area contributed by atoms with Gasteiger partial charge in [0.25, 0.3) is 5.91 Å². The molecule has 0 spiro atoms. The van der Waals surface area contributed by atoms with Gasteiger partial charge in [-0.05, 0) is 85.0 Å². The number of benzene rings is 2. The van der Waals surface area contributed by atoms with Crippen LogP contribution in [0.5, 0.6) is 11.5 Å². The molecule has 0 aliphatic carbocycles. The largest absolute Gasteiger partial charge is 0.496 e. The van der Waals surface area contributed by atoms with Gasteiger partial charge in [0.2, 0.25) is 5.82 Å². The van der Waals surface area contributed by atoms with Crippen molar-refractivity contribution in [2.24, 2.45) is 0 Å². The quantitative estimate of drug-likeness (QED) is 0.692. The summed E-state index contributed by atoms with van der Waals surface area (Å²) in [4.78, 5) is 12.6. The molecule has 1 N–H and O–H groups in total. The first-order valence-corrected chi connectivity index (χ1v) is 8.91. The van der Waals surface area contributed by atoms with Crippen molar-refractivity contribution >= 4 is 11.7 Å². The van der Waals surface area contributed by atoms with Crippen molar-refractivity contribution in [3.63, 3.8) is 0 Å². The van der Waals surface area contributed by atoms with Gasteiger partial charge in [-0.3, -0.25) is 4.79 Å². The first kappa shape index (κ1) is 19.4. The highest BCUT2D eigenvalue weighted by molar-refractivity contribution is 5.96. The highest BCUT2D eigenvalue weighted by atomic mass is 16.6. The van der Waals surface area contributed by atoms with E-state index in [9.17, 15) is 4.79 Å². The van der Waals surface area contributed by atoms with Crippen LogP contribution in [0.4, 0.5) is 5.82 Å². The SMILES string of the molecule is COc1ccc(-c2nonc2NC(=O)[C@H](C)Oc2ccc(C)c(C)c2)cc1C. The number of carbonyl (C=O) groups excluding carboxylic acids is 1. The molecule has 0 bridgehead atoms. The summed E-state index contributed by atoms with van der Waals surface area (Å²) in [6.45, 7) is 7.62. The minimum atomic E-state index is -0.718. The van der Waals surface area contributed by atoms with Crippen molar-refractivity contribution in [2.45, 2.75) is 33.8 Å². The second-order valence-electron chi connectivity index (χ2n) is 6.64. The highest BCUT2D eigenvalue weighted by Crippen LogP contribution is 2.29. The second-order valence-corrected chi connectivity index (χ2v) is 6.64.